The lowest BCUT2D eigenvalue weighted by atomic mass is 10.1. The van der Waals surface area contributed by atoms with Crippen LogP contribution >= 0.6 is 35.1 Å². The fourth-order valence-corrected chi connectivity index (χ4v) is 2.68. The normalized spacial score (nSPS) is 14.1. The van der Waals surface area contributed by atoms with Crippen molar-refractivity contribution in [1.82, 2.24) is 0 Å². The Bertz CT molecular complexity index is 526. The van der Waals surface area contributed by atoms with E-state index >= 15 is 0 Å². The largest absolute Gasteiger partial charge is 0.446 e. The van der Waals surface area contributed by atoms with Gasteiger partial charge in [-0.15, -0.1) is 11.6 Å². The highest BCUT2D eigenvalue weighted by molar-refractivity contribution is 8.00. The van der Waals surface area contributed by atoms with E-state index in [9.17, 15) is 31.1 Å². The van der Waals surface area contributed by atoms with Crippen molar-refractivity contribution in [1.29, 1.82) is 0 Å². The molecule has 1 aromatic rings. The second-order valence-electron chi connectivity index (χ2n) is 3.73. The molecule has 0 fully saturated rings. The molecule has 0 heterocycles. The average Bonchev–Trinajstić information content (AvgIpc) is 2.26. The van der Waals surface area contributed by atoms with Crippen molar-refractivity contribution in [2.75, 3.05) is 0 Å². The van der Waals surface area contributed by atoms with Crippen LogP contribution < -0.4 is 0 Å². The fourth-order valence-electron chi connectivity index (χ4n) is 1.33. The minimum absolute atomic E-state index is 0.380. The summed E-state index contributed by atoms with van der Waals surface area (Å²) in [4.78, 5) is 10.9. The van der Waals surface area contributed by atoms with Crippen LogP contribution in [0.2, 0.25) is 0 Å². The molecule has 0 saturated heterocycles. The van der Waals surface area contributed by atoms with Crippen molar-refractivity contribution in [2.45, 2.75) is 33.1 Å². The summed E-state index contributed by atoms with van der Waals surface area (Å²) in [6.45, 7) is 1.23. The molecule has 1 rings (SSSR count). The summed E-state index contributed by atoms with van der Waals surface area (Å²) in [6.07, 6.45) is 0. The van der Waals surface area contributed by atoms with Gasteiger partial charge in [0.1, 0.15) is 0 Å². The first kappa shape index (κ1) is 18.5. The Morgan fingerprint density at radius 1 is 1.10 bits per heavy atom. The molecular formula is C11H7ClF6OS2. The zero-order valence-electron chi connectivity index (χ0n) is 10.2. The van der Waals surface area contributed by atoms with E-state index in [1.807, 2.05) is 0 Å². The zero-order chi connectivity index (χ0) is 16.4. The molecule has 21 heavy (non-hydrogen) atoms. The second-order valence-corrected chi connectivity index (χ2v) is 6.63. The number of carbonyl (C=O) groups is 1. The first-order chi connectivity index (χ1) is 9.39. The summed E-state index contributed by atoms with van der Waals surface area (Å²) in [5.41, 5.74) is -9.75. The van der Waals surface area contributed by atoms with Crippen molar-refractivity contribution in [3.05, 3.63) is 23.8 Å². The summed E-state index contributed by atoms with van der Waals surface area (Å²) in [5, 5.41) is -1.15. The minimum Gasteiger partial charge on any atom is -0.292 e. The van der Waals surface area contributed by atoms with Crippen LogP contribution in [0.5, 0.6) is 0 Å². The number of hydrogen-bond donors (Lipinski definition) is 0. The minimum atomic E-state index is -4.66. The van der Waals surface area contributed by atoms with Gasteiger partial charge in [0.05, 0.1) is 5.38 Å². The summed E-state index contributed by atoms with van der Waals surface area (Å²) in [5.74, 6) is -0.868. The van der Waals surface area contributed by atoms with E-state index < -0.39 is 56.2 Å². The van der Waals surface area contributed by atoms with Gasteiger partial charge in [-0.3, -0.25) is 4.79 Å². The molecule has 0 radical (unpaired) electrons. The van der Waals surface area contributed by atoms with Crippen LogP contribution in [0.1, 0.15) is 17.3 Å². The van der Waals surface area contributed by atoms with E-state index in [2.05, 4.69) is 0 Å². The Morgan fingerprint density at radius 2 is 1.62 bits per heavy atom. The molecule has 10 heteroatoms. The maximum atomic E-state index is 12.4. The van der Waals surface area contributed by atoms with Crippen LogP contribution in [0, 0.1) is 0 Å². The quantitative estimate of drug-likeness (QED) is 0.293. The number of halogens is 7. The highest BCUT2D eigenvalue weighted by Crippen LogP contribution is 2.42. The van der Waals surface area contributed by atoms with Gasteiger partial charge in [0, 0.05) is 15.4 Å². The molecule has 0 aliphatic heterocycles. The lowest BCUT2D eigenvalue weighted by molar-refractivity contribution is -0.0338. The zero-order valence-corrected chi connectivity index (χ0v) is 12.6. The van der Waals surface area contributed by atoms with E-state index in [1.165, 1.54) is 6.92 Å². The lowest BCUT2D eigenvalue weighted by Gasteiger charge is -2.13. The predicted molar refractivity (Wildman–Crippen MR) is 69.9 cm³/mol. The standard InChI is InChI=1S/C11H7ClF6OS2/c1-5(12)9(19)7-4-6(20-10(13,14)15)2-3-8(7)21-11(16,17)18/h2-5H,1H3. The molecule has 1 aromatic carbocycles. The number of thioether (sulfide) groups is 2. The number of hydrogen-bond acceptors (Lipinski definition) is 3. The molecular weight excluding hydrogens is 362 g/mol. The number of carbonyl (C=O) groups excluding carboxylic acids is 1. The number of benzene rings is 1. The van der Waals surface area contributed by atoms with Gasteiger partial charge in [0.2, 0.25) is 0 Å². The number of alkyl halides is 7. The third kappa shape index (κ3) is 6.39. The smallest absolute Gasteiger partial charge is 0.292 e. The third-order valence-corrected chi connectivity index (χ3v) is 3.76. The van der Waals surface area contributed by atoms with Crippen LogP contribution in [0.25, 0.3) is 0 Å². The third-order valence-electron chi connectivity index (χ3n) is 2.04. The Kier molecular flexibility index (Phi) is 5.91. The molecule has 1 unspecified atom stereocenters. The molecule has 0 N–H and O–H groups in total. The number of ketones is 1. The molecule has 1 atom stereocenters. The molecule has 0 aromatic heterocycles. The first-order valence-corrected chi connectivity index (χ1v) is 7.30. The first-order valence-electron chi connectivity index (χ1n) is 5.23. The van der Waals surface area contributed by atoms with E-state index in [0.717, 1.165) is 18.2 Å². The van der Waals surface area contributed by atoms with Gasteiger partial charge in [-0.1, -0.05) is 0 Å². The molecule has 0 bridgehead atoms. The monoisotopic (exact) mass is 368 g/mol. The summed E-state index contributed by atoms with van der Waals surface area (Å²) in [6, 6.07) is 2.48. The van der Waals surface area contributed by atoms with Gasteiger partial charge in [-0.25, -0.2) is 0 Å². The molecule has 0 aliphatic carbocycles. The topological polar surface area (TPSA) is 17.1 Å². The second kappa shape index (κ2) is 6.70. The van der Waals surface area contributed by atoms with Crippen LogP contribution in [-0.4, -0.2) is 22.2 Å². The Morgan fingerprint density at radius 3 is 2.05 bits per heavy atom. The highest BCUT2D eigenvalue weighted by atomic mass is 35.5. The Labute approximate surface area is 129 Å². The molecule has 1 nitrogen and oxygen atoms in total. The van der Waals surface area contributed by atoms with E-state index in [4.69, 9.17) is 11.6 Å². The van der Waals surface area contributed by atoms with Crippen molar-refractivity contribution < 1.29 is 31.1 Å². The van der Waals surface area contributed by atoms with E-state index in [-0.39, 0.29) is 4.90 Å². The van der Waals surface area contributed by atoms with Gasteiger partial charge in [-0.2, -0.15) is 26.3 Å². The molecule has 0 saturated carbocycles. The Balaban J connectivity index is 3.23. The SMILES string of the molecule is CC(Cl)C(=O)c1cc(SC(F)(F)F)ccc1SC(F)(F)F. The number of Topliss-reactive ketones (excluding diaryl/α,β-unsaturated/α-hetero) is 1. The van der Waals surface area contributed by atoms with Crippen LogP contribution in [0.15, 0.2) is 28.0 Å². The summed E-state index contributed by atoms with van der Waals surface area (Å²) < 4.78 is 74.0. The molecule has 118 valence electrons. The van der Waals surface area contributed by atoms with Gasteiger partial charge in [-0.05, 0) is 48.6 Å². The van der Waals surface area contributed by atoms with Gasteiger partial charge < -0.3 is 0 Å². The van der Waals surface area contributed by atoms with Crippen molar-refractivity contribution >= 4 is 40.9 Å². The van der Waals surface area contributed by atoms with Gasteiger partial charge in [0.15, 0.2) is 5.78 Å². The molecule has 0 amide bonds. The van der Waals surface area contributed by atoms with Gasteiger partial charge in [0.25, 0.3) is 0 Å². The molecule has 0 spiro atoms. The lowest BCUT2D eigenvalue weighted by Crippen LogP contribution is -2.13. The van der Waals surface area contributed by atoms with E-state index in [1.54, 1.807) is 0 Å². The highest BCUT2D eigenvalue weighted by Gasteiger charge is 2.33. The number of rotatable bonds is 4. The summed E-state index contributed by atoms with van der Waals surface area (Å²) in [7, 11) is 0. The molecule has 0 aliphatic rings. The average molecular weight is 369 g/mol. The van der Waals surface area contributed by atoms with Gasteiger partial charge >= 0.3 is 11.0 Å². The van der Waals surface area contributed by atoms with Crippen molar-refractivity contribution in [3.63, 3.8) is 0 Å². The van der Waals surface area contributed by atoms with Crippen LogP contribution in [0.3, 0.4) is 0 Å². The Hall–Kier alpha value is -0.540. The van der Waals surface area contributed by atoms with Crippen LogP contribution in [0.4, 0.5) is 26.3 Å². The van der Waals surface area contributed by atoms with Crippen molar-refractivity contribution in [3.8, 4) is 0 Å². The summed E-state index contributed by atoms with van der Waals surface area (Å²) >= 11 is 4.44. The maximum absolute atomic E-state index is 12.4. The predicted octanol–water partition coefficient (Wildman–Crippen LogP) is 5.72. The van der Waals surface area contributed by atoms with E-state index in [0.29, 0.717) is 0 Å². The van der Waals surface area contributed by atoms with Crippen LogP contribution in [-0.2, 0) is 0 Å². The maximum Gasteiger partial charge on any atom is 0.446 e. The fraction of sp³-hybridized carbons (Fsp3) is 0.364. The van der Waals surface area contributed by atoms with Crippen molar-refractivity contribution in [2.24, 2.45) is 0 Å².